The van der Waals surface area contributed by atoms with E-state index in [-0.39, 0.29) is 75.7 Å². The van der Waals surface area contributed by atoms with Crippen molar-refractivity contribution in [2.24, 2.45) is 10.8 Å². The fourth-order valence-electron chi connectivity index (χ4n) is 8.09. The van der Waals surface area contributed by atoms with Gasteiger partial charge in [0, 0.05) is 34.5 Å². The van der Waals surface area contributed by atoms with Crippen molar-refractivity contribution < 1.29 is 50.6 Å². The summed E-state index contributed by atoms with van der Waals surface area (Å²) in [5, 5.41) is 16.8. The molecule has 1 unspecified atom stereocenters. The average Bonchev–Trinajstić information content (AvgIpc) is 3.83. The Hall–Kier alpha value is -3.88. The molecule has 0 radical (unpaired) electrons. The van der Waals surface area contributed by atoms with Gasteiger partial charge < -0.3 is 45.4 Å². The lowest BCUT2D eigenvalue weighted by molar-refractivity contribution is -0.139. The number of carbonyl (C=O) groups excluding carboxylic acids is 3. The third-order valence-electron chi connectivity index (χ3n) is 12.3. The minimum Gasteiger partial charge on any atom is -0.480 e. The van der Waals surface area contributed by atoms with Gasteiger partial charge in [0.05, 0.1) is 61.6 Å². The van der Waals surface area contributed by atoms with Crippen molar-refractivity contribution in [2.75, 3.05) is 51.3 Å². The molecule has 8 rings (SSSR count). The number of H-pyrrole nitrogens is 2. The average molecular weight is 1260 g/mol. The van der Waals surface area contributed by atoms with Gasteiger partial charge in [0.25, 0.3) is 0 Å². The van der Waals surface area contributed by atoms with Crippen LogP contribution in [-0.4, -0.2) is 134 Å². The van der Waals surface area contributed by atoms with E-state index in [0.717, 1.165) is 77.1 Å². The first-order valence-corrected chi connectivity index (χ1v) is 27.2. The molecule has 2 spiro atoms. The van der Waals surface area contributed by atoms with Gasteiger partial charge in [-0.2, -0.15) is 0 Å². The van der Waals surface area contributed by atoms with E-state index in [1.807, 2.05) is 35.8 Å². The number of sulfone groups is 2. The summed E-state index contributed by atoms with van der Waals surface area (Å²) in [6.45, 7) is 1.72. The molecule has 2 aromatic heterocycles. The minimum atomic E-state index is -3.31. The Morgan fingerprint density at radius 2 is 1.19 bits per heavy atom. The lowest BCUT2D eigenvalue weighted by atomic mass is 10.0. The maximum Gasteiger partial charge on any atom is 0.407 e. The molecule has 25 heteroatoms. The first-order valence-electron chi connectivity index (χ1n) is 21.5. The number of alkyl carbamates (subject to hydrolysis) is 2. The number of imidazole rings is 2. The number of rotatable bonds is 14. The quantitative estimate of drug-likeness (QED) is 0.0736. The molecule has 380 valence electrons. The maximum atomic E-state index is 13.5. The van der Waals surface area contributed by atoms with Crippen molar-refractivity contribution in [3.63, 3.8) is 0 Å². The Morgan fingerprint density at radius 3 is 1.62 bits per heavy atom. The summed E-state index contributed by atoms with van der Waals surface area (Å²) in [6, 6.07) is 14.1. The molecular formula is C44H58Br4N8O11S2. The molecule has 4 aliphatic rings. The summed E-state index contributed by atoms with van der Waals surface area (Å²) in [7, 11) is -4.27. The normalized spacial score (nSPS) is 19.0. The summed E-state index contributed by atoms with van der Waals surface area (Å²) in [5.41, 5.74) is 4.78. The van der Waals surface area contributed by atoms with Gasteiger partial charge in [-0.15, -0.1) is 34.0 Å². The molecule has 3 amide bonds. The highest BCUT2D eigenvalue weighted by molar-refractivity contribution is 9.10. The van der Waals surface area contributed by atoms with E-state index in [4.69, 9.17) is 5.11 Å². The van der Waals surface area contributed by atoms with Gasteiger partial charge in [-0.05, 0) is 97.6 Å². The molecule has 19 nitrogen and oxygen atoms in total. The molecule has 0 bridgehead atoms. The van der Waals surface area contributed by atoms with E-state index >= 15 is 0 Å². The lowest BCUT2D eigenvalue weighted by Gasteiger charge is -2.28. The van der Waals surface area contributed by atoms with Crippen LogP contribution in [0.15, 0.2) is 69.9 Å². The van der Waals surface area contributed by atoms with Crippen LogP contribution in [0.4, 0.5) is 9.59 Å². The number of carboxylic acids is 1. The fraction of sp³-hybridized carbons (Fsp3) is 0.500. The first-order chi connectivity index (χ1) is 31.6. The highest BCUT2D eigenvalue weighted by Gasteiger charge is 2.55. The molecule has 4 fully saturated rings. The number of halogens is 4. The van der Waals surface area contributed by atoms with Gasteiger partial charge in [0.15, 0.2) is 0 Å². The van der Waals surface area contributed by atoms with Crippen molar-refractivity contribution in [1.29, 1.82) is 0 Å². The van der Waals surface area contributed by atoms with Gasteiger partial charge in [-0.3, -0.25) is 4.79 Å². The summed E-state index contributed by atoms with van der Waals surface area (Å²) >= 11 is 6.90. The number of benzene rings is 2. The predicted octanol–water partition coefficient (Wildman–Crippen LogP) is 7.09. The second kappa shape index (κ2) is 24.5. The van der Waals surface area contributed by atoms with Gasteiger partial charge >= 0.3 is 18.2 Å². The lowest BCUT2D eigenvalue weighted by Crippen LogP contribution is -2.49. The molecule has 2 aliphatic heterocycles. The minimum absolute atomic E-state index is 0. The number of amides is 3. The molecule has 2 aliphatic carbocycles. The largest absolute Gasteiger partial charge is 0.480 e. The smallest absolute Gasteiger partial charge is 0.407 e. The molecule has 2 saturated carbocycles. The number of ether oxygens (including phenoxy) is 2. The number of aromatic nitrogens is 4. The van der Waals surface area contributed by atoms with E-state index in [9.17, 15) is 36.0 Å². The number of carbonyl (C=O) groups is 4. The van der Waals surface area contributed by atoms with Crippen LogP contribution in [0.1, 0.15) is 75.1 Å². The summed E-state index contributed by atoms with van der Waals surface area (Å²) in [6.07, 6.45) is 10.8. The van der Waals surface area contributed by atoms with Crippen LogP contribution in [0.25, 0.3) is 22.5 Å². The van der Waals surface area contributed by atoms with Crippen LogP contribution in [0.3, 0.4) is 0 Å². The predicted molar refractivity (Wildman–Crippen MR) is 277 cm³/mol. The van der Waals surface area contributed by atoms with Crippen molar-refractivity contribution in [3.05, 3.63) is 81.5 Å². The van der Waals surface area contributed by atoms with E-state index in [1.165, 1.54) is 31.9 Å². The Morgan fingerprint density at radius 1 is 0.739 bits per heavy atom. The summed E-state index contributed by atoms with van der Waals surface area (Å²) in [5.74, 6) is -0.380. The van der Waals surface area contributed by atoms with Gasteiger partial charge in [0.1, 0.15) is 43.4 Å². The number of aliphatic carboxylic acids is 1. The van der Waals surface area contributed by atoms with Crippen molar-refractivity contribution >= 4 is 110 Å². The van der Waals surface area contributed by atoms with Crippen LogP contribution >= 0.6 is 65.8 Å². The van der Waals surface area contributed by atoms with Gasteiger partial charge in [-0.1, -0.05) is 56.1 Å². The van der Waals surface area contributed by atoms with Gasteiger partial charge in [-0.25, -0.2) is 41.2 Å². The molecule has 4 heterocycles. The van der Waals surface area contributed by atoms with Crippen molar-refractivity contribution in [2.45, 2.75) is 75.5 Å². The van der Waals surface area contributed by atoms with Crippen molar-refractivity contribution in [1.82, 2.24) is 40.8 Å². The standard InChI is InChI=1S/C22H27BrN4O5S.C15H16BrN3.C7H13NO6S.2BrH/c1-32-21(29)26-16(7-10-33(2,30)31)20(28)27-13-22(8-9-22)11-18(27)19-24-12-17(25-19)14-3-5-15(23)6-4-14;16-11-3-1-10(2-4-11)13-8-17-14(19-13)12-7-15(5-6-15)9-18-12;1-14-7(11)8-5(6(9)10)3-4-15(2,12)13;;/h3-6,12,16,18H,7-11,13H2,1-2H3,(H,24,25)(H,26,29);1-4,8,12,18H,5-7,9H2,(H,17,19);5H,3-4H2,1-2H3,(H,8,11)(H,9,10);2*1H/t16-,18-;;5-;;/m1.1../s1. The number of nitrogens with one attached hydrogen (secondary N) is 5. The van der Waals surface area contributed by atoms with Gasteiger partial charge in [0.2, 0.25) is 5.91 Å². The number of nitrogens with zero attached hydrogens (tertiary/aromatic N) is 3. The monoisotopic (exact) mass is 1250 g/mol. The number of methoxy groups -OCH3 is 2. The second-order valence-electron chi connectivity index (χ2n) is 17.8. The molecule has 69 heavy (non-hydrogen) atoms. The zero-order chi connectivity index (χ0) is 48.7. The molecule has 4 aromatic rings. The third-order valence-corrected chi connectivity index (χ3v) is 15.3. The maximum absolute atomic E-state index is 13.5. The first kappa shape index (κ1) is 57.7. The van der Waals surface area contributed by atoms with Crippen LogP contribution in [0, 0.1) is 10.8 Å². The van der Waals surface area contributed by atoms with Crippen LogP contribution in [0.2, 0.25) is 0 Å². The molecule has 6 N–H and O–H groups in total. The van der Waals surface area contributed by atoms with E-state index < -0.39 is 49.9 Å². The Labute approximate surface area is 439 Å². The Bertz CT molecular complexity index is 2630. The number of hydrogen-bond acceptors (Lipinski definition) is 13. The highest BCUT2D eigenvalue weighted by atomic mass is 79.9. The van der Waals surface area contributed by atoms with E-state index in [0.29, 0.717) is 23.8 Å². The van der Waals surface area contributed by atoms with E-state index in [2.05, 4.69) is 96.2 Å². The summed E-state index contributed by atoms with van der Waals surface area (Å²) in [4.78, 5) is 64.4. The topological polar surface area (TPSA) is 272 Å². The van der Waals surface area contributed by atoms with Crippen LogP contribution < -0.4 is 16.0 Å². The van der Waals surface area contributed by atoms with Crippen molar-refractivity contribution in [3.8, 4) is 22.5 Å². The zero-order valence-electron chi connectivity index (χ0n) is 38.3. The third kappa shape index (κ3) is 16.9. The SMILES string of the molecule is Br.Br.Brc1ccc(-c2cnc(C3CC4(CC4)CN3)[nH]2)cc1.COC(=O)N[C@H](CCS(C)(=O)=O)C(=O)N1CC2(CC2)C[C@@H]1c1ncc(-c2ccc(Br)cc2)[nH]1.COC(=O)N[C@H](CCS(C)(=O)=O)C(=O)O. The highest BCUT2D eigenvalue weighted by Crippen LogP contribution is 2.58. The van der Waals surface area contributed by atoms with E-state index in [1.54, 1.807) is 11.1 Å². The molecule has 2 saturated heterocycles. The summed E-state index contributed by atoms with van der Waals surface area (Å²) < 4.78 is 55.9. The zero-order valence-corrected chi connectivity index (χ0v) is 46.6. The molecule has 4 atom stereocenters. The molecule has 2 aromatic carbocycles. The number of carboxylic acid groups (broad SMARTS) is 1. The van der Waals surface area contributed by atoms with Crippen LogP contribution in [-0.2, 0) is 38.7 Å². The number of aromatic amines is 2. The Kier molecular flexibility index (Phi) is 20.5. The second-order valence-corrected chi connectivity index (χ2v) is 24.1. The fourth-order valence-corrected chi connectivity index (χ4v) is 9.95. The Balaban J connectivity index is 0.000000245. The molecular weight excluding hydrogens is 1200 g/mol. The van der Waals surface area contributed by atoms with Crippen LogP contribution in [0.5, 0.6) is 0 Å². The number of likely N-dealkylation sites (tertiary alicyclic amines) is 1. The number of hydrogen-bond donors (Lipinski definition) is 6.